The molecule has 2 aromatic carbocycles. The van der Waals surface area contributed by atoms with Crippen LogP contribution in [0.2, 0.25) is 0 Å². The fourth-order valence-electron chi connectivity index (χ4n) is 2.89. The summed E-state index contributed by atoms with van der Waals surface area (Å²) in [7, 11) is 0. The van der Waals surface area contributed by atoms with Crippen LogP contribution in [-0.2, 0) is 9.59 Å². The zero-order valence-corrected chi connectivity index (χ0v) is 16.3. The van der Waals surface area contributed by atoms with Crippen molar-refractivity contribution in [1.29, 1.82) is 0 Å². The number of rotatable bonds is 10. The number of nitrogens with one attached hydrogen (secondary N) is 2. The van der Waals surface area contributed by atoms with E-state index in [1.807, 2.05) is 0 Å². The van der Waals surface area contributed by atoms with Crippen molar-refractivity contribution in [2.75, 3.05) is 0 Å². The van der Waals surface area contributed by atoms with Crippen LogP contribution in [0.4, 0.5) is 0 Å². The van der Waals surface area contributed by atoms with Crippen molar-refractivity contribution < 1.29 is 24.6 Å². The third-order valence-electron chi connectivity index (χ3n) is 4.49. The Balaban J connectivity index is 2.18. The van der Waals surface area contributed by atoms with Gasteiger partial charge in [-0.2, -0.15) is 0 Å². The van der Waals surface area contributed by atoms with Crippen molar-refractivity contribution >= 4 is 17.8 Å². The molecule has 0 radical (unpaired) electrons. The lowest BCUT2D eigenvalue weighted by Gasteiger charge is -2.25. The van der Waals surface area contributed by atoms with Crippen LogP contribution in [-0.4, -0.2) is 40.1 Å². The number of terminal acetylenes is 1. The zero-order valence-electron chi connectivity index (χ0n) is 16.3. The molecule has 0 aromatic heterocycles. The summed E-state index contributed by atoms with van der Waals surface area (Å²) in [6.07, 6.45) is 4.39. The van der Waals surface area contributed by atoms with Gasteiger partial charge in [0.05, 0.1) is 6.04 Å². The number of unbranched alkanes of at least 4 members (excludes halogenated alkanes) is 1. The Morgan fingerprint density at radius 2 is 1.57 bits per heavy atom. The number of carbonyl (C=O) groups is 3. The highest BCUT2D eigenvalue weighted by Gasteiger charge is 2.32. The molecule has 30 heavy (non-hydrogen) atoms. The number of carboxylic acids is 1. The van der Waals surface area contributed by atoms with E-state index in [9.17, 15) is 24.6 Å². The van der Waals surface area contributed by atoms with E-state index in [2.05, 4.69) is 16.6 Å². The number of hydrogen-bond donors (Lipinski definition) is 4. The van der Waals surface area contributed by atoms with E-state index in [4.69, 9.17) is 6.42 Å². The van der Waals surface area contributed by atoms with Gasteiger partial charge in [-0.15, -0.1) is 12.3 Å². The smallest absolute Gasteiger partial charge is 0.326 e. The molecule has 4 N–H and O–H groups in total. The number of benzene rings is 2. The van der Waals surface area contributed by atoms with E-state index in [-0.39, 0.29) is 6.42 Å². The third-order valence-corrected chi connectivity index (χ3v) is 4.49. The molecule has 0 spiro atoms. The summed E-state index contributed by atoms with van der Waals surface area (Å²) in [4.78, 5) is 36.6. The van der Waals surface area contributed by atoms with E-state index in [1.165, 1.54) is 0 Å². The standard InChI is InChI=1S/C23H24N2O5/c1-2-3-6-15-18(23(29)30)24-22(28)20(26)19(16-11-7-4-8-12-16)25-21(27)17-13-9-5-10-14-17/h1,4-5,7-14,18-20,26H,3,6,15H2,(H,24,28)(H,25,27)(H,29,30)/t18-,19+,20-/m1/s1. The van der Waals surface area contributed by atoms with E-state index in [1.54, 1.807) is 60.7 Å². The lowest BCUT2D eigenvalue weighted by Crippen LogP contribution is -2.50. The molecule has 7 nitrogen and oxygen atoms in total. The Bertz CT molecular complexity index is 893. The average molecular weight is 408 g/mol. The highest BCUT2D eigenvalue weighted by molar-refractivity contribution is 5.95. The van der Waals surface area contributed by atoms with Gasteiger partial charge in [-0.05, 0) is 30.5 Å². The summed E-state index contributed by atoms with van der Waals surface area (Å²) in [5.74, 6) is -0.182. The Morgan fingerprint density at radius 3 is 2.13 bits per heavy atom. The predicted octanol–water partition coefficient (Wildman–Crippen LogP) is 1.89. The second kappa shape index (κ2) is 11.4. The van der Waals surface area contributed by atoms with Crippen molar-refractivity contribution in [2.24, 2.45) is 0 Å². The summed E-state index contributed by atoms with van der Waals surface area (Å²) in [6, 6.07) is 14.6. The molecule has 0 saturated heterocycles. The van der Waals surface area contributed by atoms with Crippen LogP contribution in [0.1, 0.15) is 41.2 Å². The molecule has 7 heteroatoms. The third kappa shape index (κ3) is 6.47. The molecule has 0 aliphatic carbocycles. The summed E-state index contributed by atoms with van der Waals surface area (Å²) >= 11 is 0. The first kappa shape index (κ1) is 22.7. The van der Waals surface area contributed by atoms with Crippen LogP contribution in [0.25, 0.3) is 0 Å². The molecule has 0 heterocycles. The molecule has 0 fully saturated rings. The first-order valence-corrected chi connectivity index (χ1v) is 9.49. The highest BCUT2D eigenvalue weighted by atomic mass is 16.4. The number of hydrogen-bond acceptors (Lipinski definition) is 4. The van der Waals surface area contributed by atoms with Gasteiger partial charge in [0.2, 0.25) is 0 Å². The monoisotopic (exact) mass is 408 g/mol. The van der Waals surface area contributed by atoms with Crippen molar-refractivity contribution in [1.82, 2.24) is 10.6 Å². The first-order chi connectivity index (χ1) is 14.4. The number of carboxylic acid groups (broad SMARTS) is 1. The van der Waals surface area contributed by atoms with Gasteiger partial charge in [0.25, 0.3) is 11.8 Å². The molecule has 0 saturated carbocycles. The van der Waals surface area contributed by atoms with Crippen LogP contribution in [0.15, 0.2) is 60.7 Å². The van der Waals surface area contributed by atoms with E-state index in [0.29, 0.717) is 24.0 Å². The van der Waals surface area contributed by atoms with Crippen LogP contribution in [0.5, 0.6) is 0 Å². The van der Waals surface area contributed by atoms with Crippen LogP contribution >= 0.6 is 0 Å². The Hall–Kier alpha value is -3.63. The molecule has 0 aliphatic rings. The fraction of sp³-hybridized carbons (Fsp3) is 0.261. The predicted molar refractivity (Wildman–Crippen MR) is 111 cm³/mol. The molecular weight excluding hydrogens is 384 g/mol. The molecule has 0 bridgehead atoms. The molecule has 156 valence electrons. The first-order valence-electron chi connectivity index (χ1n) is 9.49. The van der Waals surface area contributed by atoms with Crippen LogP contribution in [0.3, 0.4) is 0 Å². The van der Waals surface area contributed by atoms with Crippen molar-refractivity contribution in [3.8, 4) is 12.3 Å². The maximum absolute atomic E-state index is 12.6. The van der Waals surface area contributed by atoms with Gasteiger partial charge in [-0.25, -0.2) is 4.79 Å². The van der Waals surface area contributed by atoms with Crippen LogP contribution < -0.4 is 10.6 Å². The summed E-state index contributed by atoms with van der Waals surface area (Å²) in [5, 5.41) is 25.0. The molecule has 2 amide bonds. The lowest BCUT2D eigenvalue weighted by molar-refractivity contribution is -0.144. The second-order valence-corrected chi connectivity index (χ2v) is 6.67. The molecule has 2 aromatic rings. The minimum Gasteiger partial charge on any atom is -0.480 e. The summed E-state index contributed by atoms with van der Waals surface area (Å²) in [6.45, 7) is 0. The molecular formula is C23H24N2O5. The zero-order chi connectivity index (χ0) is 21.9. The Kier molecular flexibility index (Phi) is 8.60. The van der Waals surface area contributed by atoms with Crippen molar-refractivity contribution in [2.45, 2.75) is 37.5 Å². The molecule has 3 atom stereocenters. The molecule has 0 unspecified atom stereocenters. The number of aliphatic hydroxyl groups is 1. The summed E-state index contributed by atoms with van der Waals surface area (Å²) < 4.78 is 0. The quantitative estimate of drug-likeness (QED) is 0.354. The Morgan fingerprint density at radius 1 is 0.967 bits per heavy atom. The van der Waals surface area contributed by atoms with Gasteiger partial charge in [-0.3, -0.25) is 9.59 Å². The fourth-order valence-corrected chi connectivity index (χ4v) is 2.89. The van der Waals surface area contributed by atoms with Gasteiger partial charge < -0.3 is 20.8 Å². The number of amides is 2. The van der Waals surface area contributed by atoms with Gasteiger partial charge in [0, 0.05) is 12.0 Å². The normalized spacial score (nSPS) is 13.3. The number of aliphatic carboxylic acids is 1. The van der Waals surface area contributed by atoms with Crippen LogP contribution in [0, 0.1) is 12.3 Å². The van der Waals surface area contributed by atoms with Gasteiger partial charge in [0.1, 0.15) is 6.04 Å². The average Bonchev–Trinajstić information content (AvgIpc) is 2.77. The summed E-state index contributed by atoms with van der Waals surface area (Å²) in [5.41, 5.74) is 0.868. The topological polar surface area (TPSA) is 116 Å². The highest BCUT2D eigenvalue weighted by Crippen LogP contribution is 2.19. The van der Waals surface area contributed by atoms with Crippen molar-refractivity contribution in [3.63, 3.8) is 0 Å². The number of aliphatic hydroxyl groups excluding tert-OH is 1. The Labute approximate surface area is 175 Å². The van der Waals surface area contributed by atoms with E-state index in [0.717, 1.165) is 0 Å². The van der Waals surface area contributed by atoms with Gasteiger partial charge in [-0.1, -0.05) is 48.5 Å². The molecule has 2 rings (SSSR count). The largest absolute Gasteiger partial charge is 0.480 e. The van der Waals surface area contributed by atoms with E-state index < -0.39 is 36.0 Å². The maximum atomic E-state index is 12.6. The minimum absolute atomic E-state index is 0.129. The minimum atomic E-state index is -1.70. The second-order valence-electron chi connectivity index (χ2n) is 6.67. The SMILES string of the molecule is C#CCCC[C@@H](NC(=O)[C@H](O)[C@@H](NC(=O)c1ccccc1)c1ccccc1)C(=O)O. The number of carbonyl (C=O) groups excluding carboxylic acids is 2. The molecule has 0 aliphatic heterocycles. The van der Waals surface area contributed by atoms with Crippen molar-refractivity contribution in [3.05, 3.63) is 71.8 Å². The lowest BCUT2D eigenvalue weighted by atomic mass is 9.99. The van der Waals surface area contributed by atoms with Gasteiger partial charge >= 0.3 is 5.97 Å². The van der Waals surface area contributed by atoms with E-state index >= 15 is 0 Å². The maximum Gasteiger partial charge on any atom is 0.326 e. The van der Waals surface area contributed by atoms with Gasteiger partial charge in [0.15, 0.2) is 6.10 Å².